The van der Waals surface area contributed by atoms with Gasteiger partial charge in [-0.3, -0.25) is 0 Å². The van der Waals surface area contributed by atoms with E-state index < -0.39 is 0 Å². The van der Waals surface area contributed by atoms with Crippen molar-refractivity contribution < 1.29 is 0 Å². The summed E-state index contributed by atoms with van der Waals surface area (Å²) in [6, 6.07) is 2.53. The predicted molar refractivity (Wildman–Crippen MR) is 70.7 cm³/mol. The Bertz CT molecular complexity index is 526. The van der Waals surface area contributed by atoms with Crippen LogP contribution in [0.3, 0.4) is 0 Å². The average molecular weight is 266 g/mol. The van der Waals surface area contributed by atoms with Gasteiger partial charge < -0.3 is 5.32 Å². The lowest BCUT2D eigenvalue weighted by atomic mass is 9.94. The first kappa shape index (κ1) is 11.0. The van der Waals surface area contributed by atoms with Gasteiger partial charge in [0, 0.05) is 4.88 Å². The van der Waals surface area contributed by atoms with Crippen molar-refractivity contribution in [2.45, 2.75) is 25.3 Å². The Labute approximate surface area is 109 Å². The van der Waals surface area contributed by atoms with Gasteiger partial charge in [-0.15, -0.1) is 11.3 Å². The second-order valence-electron chi connectivity index (χ2n) is 4.11. The maximum atomic E-state index is 6.06. The van der Waals surface area contributed by atoms with Crippen LogP contribution in [-0.2, 0) is 6.42 Å². The van der Waals surface area contributed by atoms with Gasteiger partial charge in [0.05, 0.1) is 12.2 Å². The van der Waals surface area contributed by atoms with Gasteiger partial charge in [-0.1, -0.05) is 11.6 Å². The van der Waals surface area contributed by atoms with E-state index >= 15 is 0 Å². The molecule has 2 heterocycles. The molecule has 0 aliphatic heterocycles. The molecule has 0 amide bonds. The van der Waals surface area contributed by atoms with E-state index in [4.69, 9.17) is 11.6 Å². The zero-order valence-electron chi connectivity index (χ0n) is 9.19. The van der Waals surface area contributed by atoms with Gasteiger partial charge in [-0.2, -0.15) is 0 Å². The van der Waals surface area contributed by atoms with Crippen molar-refractivity contribution >= 4 is 28.8 Å². The molecule has 88 valence electrons. The maximum absolute atomic E-state index is 6.06. The van der Waals surface area contributed by atoms with E-state index in [1.807, 2.05) is 11.3 Å². The molecule has 3 rings (SSSR count). The van der Waals surface area contributed by atoms with E-state index in [-0.39, 0.29) is 0 Å². The molecule has 1 aliphatic carbocycles. The van der Waals surface area contributed by atoms with Gasteiger partial charge >= 0.3 is 0 Å². The van der Waals surface area contributed by atoms with Crippen LogP contribution in [0.15, 0.2) is 24.0 Å². The van der Waals surface area contributed by atoms with Crippen LogP contribution in [0.4, 0.5) is 5.82 Å². The van der Waals surface area contributed by atoms with Crippen LogP contribution in [-0.4, -0.2) is 9.97 Å². The number of anilines is 1. The molecule has 0 spiro atoms. The highest BCUT2D eigenvalue weighted by Crippen LogP contribution is 2.36. The van der Waals surface area contributed by atoms with Gasteiger partial charge in [0.2, 0.25) is 0 Å². The molecule has 0 fully saturated rings. The summed E-state index contributed by atoms with van der Waals surface area (Å²) < 4.78 is 0. The topological polar surface area (TPSA) is 37.8 Å². The van der Waals surface area contributed by atoms with Gasteiger partial charge in [0.15, 0.2) is 0 Å². The molecule has 1 atom stereocenters. The summed E-state index contributed by atoms with van der Waals surface area (Å²) >= 11 is 7.90. The number of hydrogen-bond donors (Lipinski definition) is 1. The molecule has 2 aromatic rings. The lowest BCUT2D eigenvalue weighted by Gasteiger charge is -2.24. The number of nitrogens with one attached hydrogen (secondary N) is 1. The Morgan fingerprint density at radius 1 is 1.47 bits per heavy atom. The highest BCUT2D eigenvalue weighted by molar-refractivity contribution is 7.10. The van der Waals surface area contributed by atoms with Crippen molar-refractivity contribution in [1.29, 1.82) is 0 Å². The van der Waals surface area contributed by atoms with Crippen molar-refractivity contribution in [1.82, 2.24) is 9.97 Å². The third-order valence-corrected chi connectivity index (χ3v) is 4.30. The van der Waals surface area contributed by atoms with E-state index in [0.29, 0.717) is 11.1 Å². The van der Waals surface area contributed by atoms with Crippen LogP contribution in [0, 0.1) is 0 Å². The van der Waals surface area contributed by atoms with E-state index in [1.165, 1.54) is 29.6 Å². The molecule has 1 N–H and O–H groups in total. The summed E-state index contributed by atoms with van der Waals surface area (Å²) in [7, 11) is 0. The molecule has 0 radical (unpaired) electrons. The normalized spacial score (nSPS) is 18.8. The Kier molecular flexibility index (Phi) is 2.99. The summed E-state index contributed by atoms with van der Waals surface area (Å²) in [6.45, 7) is 0. The molecule has 2 aromatic heterocycles. The fourth-order valence-electron chi connectivity index (χ4n) is 2.22. The van der Waals surface area contributed by atoms with Gasteiger partial charge in [0.25, 0.3) is 0 Å². The van der Waals surface area contributed by atoms with Crippen molar-refractivity contribution in [2.75, 3.05) is 5.32 Å². The fraction of sp³-hybridized carbons (Fsp3) is 0.333. The first-order valence-corrected chi connectivity index (χ1v) is 6.88. The summed E-state index contributed by atoms with van der Waals surface area (Å²) in [5, 5.41) is 6.15. The molecule has 3 nitrogen and oxygen atoms in total. The first-order chi connectivity index (χ1) is 8.34. The Morgan fingerprint density at radius 2 is 2.41 bits per heavy atom. The molecular formula is C12H12ClN3S. The number of rotatable bonds is 2. The summed E-state index contributed by atoms with van der Waals surface area (Å²) in [4.78, 5) is 9.56. The van der Waals surface area contributed by atoms with E-state index in [9.17, 15) is 0 Å². The molecule has 0 aromatic carbocycles. The first-order valence-electron chi connectivity index (χ1n) is 5.63. The zero-order chi connectivity index (χ0) is 11.7. The maximum Gasteiger partial charge on any atom is 0.148 e. The summed E-state index contributed by atoms with van der Waals surface area (Å²) in [5.74, 6) is 0.728. The number of thiophene rings is 1. The Balaban J connectivity index is 1.86. The summed E-state index contributed by atoms with van der Waals surface area (Å²) in [5.41, 5.74) is 1.40. The van der Waals surface area contributed by atoms with E-state index in [0.717, 1.165) is 12.2 Å². The van der Waals surface area contributed by atoms with Crippen LogP contribution in [0.1, 0.15) is 29.3 Å². The molecule has 1 aliphatic rings. The lowest BCUT2D eigenvalue weighted by molar-refractivity contribution is 0.607. The Hall–Kier alpha value is -1.13. The number of aromatic nitrogens is 2. The molecule has 0 saturated carbocycles. The quantitative estimate of drug-likeness (QED) is 0.900. The van der Waals surface area contributed by atoms with Gasteiger partial charge in [-0.05, 0) is 36.3 Å². The third kappa shape index (κ3) is 2.15. The molecule has 0 bridgehead atoms. The lowest BCUT2D eigenvalue weighted by Crippen LogP contribution is -2.16. The van der Waals surface area contributed by atoms with Crippen LogP contribution >= 0.6 is 22.9 Å². The second-order valence-corrected chi connectivity index (χ2v) is 5.52. The zero-order valence-corrected chi connectivity index (χ0v) is 10.8. The largest absolute Gasteiger partial charge is 0.362 e. The summed E-state index contributed by atoms with van der Waals surface area (Å²) in [6.07, 6.45) is 6.68. The number of halogens is 1. The predicted octanol–water partition coefficient (Wildman–Crippen LogP) is 3.68. The van der Waals surface area contributed by atoms with Crippen molar-refractivity contribution in [3.63, 3.8) is 0 Å². The van der Waals surface area contributed by atoms with Crippen LogP contribution in [0.5, 0.6) is 0 Å². The number of nitrogens with zero attached hydrogens (tertiary/aromatic N) is 2. The second kappa shape index (κ2) is 4.63. The van der Waals surface area contributed by atoms with Gasteiger partial charge in [0.1, 0.15) is 17.2 Å². The number of aryl methyl sites for hydroxylation is 1. The number of hydrogen-bond acceptors (Lipinski definition) is 4. The SMILES string of the molecule is Clc1cncnc1NC1CCCc2sccc21. The van der Waals surface area contributed by atoms with Crippen molar-refractivity contribution in [3.8, 4) is 0 Å². The smallest absolute Gasteiger partial charge is 0.148 e. The van der Waals surface area contributed by atoms with E-state index in [2.05, 4.69) is 26.7 Å². The number of fused-ring (bicyclic) bond motifs is 1. The third-order valence-electron chi connectivity index (χ3n) is 3.03. The molecule has 1 unspecified atom stereocenters. The standard InChI is InChI=1S/C12H12ClN3S/c13-9-6-14-7-15-12(9)16-10-2-1-3-11-8(10)4-5-17-11/h4-7,10H,1-3H2,(H,14,15,16). The van der Waals surface area contributed by atoms with Crippen molar-refractivity contribution in [3.05, 3.63) is 39.4 Å². The fourth-order valence-corrected chi connectivity index (χ4v) is 3.37. The van der Waals surface area contributed by atoms with E-state index in [1.54, 1.807) is 6.20 Å². The molecular weight excluding hydrogens is 254 g/mol. The minimum atomic E-state index is 0.331. The Morgan fingerprint density at radius 3 is 3.29 bits per heavy atom. The molecule has 17 heavy (non-hydrogen) atoms. The highest BCUT2D eigenvalue weighted by Gasteiger charge is 2.21. The van der Waals surface area contributed by atoms with Crippen molar-refractivity contribution in [2.24, 2.45) is 0 Å². The highest BCUT2D eigenvalue weighted by atomic mass is 35.5. The minimum absolute atomic E-state index is 0.331. The minimum Gasteiger partial charge on any atom is -0.362 e. The van der Waals surface area contributed by atoms with Gasteiger partial charge in [-0.25, -0.2) is 9.97 Å². The monoisotopic (exact) mass is 265 g/mol. The van der Waals surface area contributed by atoms with Crippen LogP contribution in [0.25, 0.3) is 0 Å². The molecule has 0 saturated heterocycles. The van der Waals surface area contributed by atoms with Crippen LogP contribution in [0.2, 0.25) is 5.02 Å². The van der Waals surface area contributed by atoms with Crippen LogP contribution < -0.4 is 5.32 Å². The average Bonchev–Trinajstić information content (AvgIpc) is 2.81. The molecule has 5 heteroatoms.